The number of amidine groups is 1. The van der Waals surface area contributed by atoms with E-state index in [0.29, 0.717) is 43.2 Å². The van der Waals surface area contributed by atoms with Crippen LogP contribution in [-0.2, 0) is 22.6 Å². The smallest absolute Gasteiger partial charge is 0.292 e. The highest BCUT2D eigenvalue weighted by molar-refractivity contribution is 5.84. The van der Waals surface area contributed by atoms with Crippen molar-refractivity contribution in [1.29, 1.82) is 0 Å². The number of aliphatic imine (C=N–C) groups is 1. The number of carbonyl (C=O) groups excluding carboxylic acids is 1. The van der Waals surface area contributed by atoms with Crippen LogP contribution >= 0.6 is 0 Å². The molecule has 4 aliphatic rings. The molecule has 160 valence electrons. The van der Waals surface area contributed by atoms with Gasteiger partial charge < -0.3 is 21.1 Å². The van der Waals surface area contributed by atoms with E-state index in [1.807, 2.05) is 0 Å². The summed E-state index contributed by atoms with van der Waals surface area (Å²) in [5.41, 5.74) is 9.27. The first-order valence-electron chi connectivity index (χ1n) is 11.0. The minimum Gasteiger partial charge on any atom is -0.465 e. The number of ether oxygens (including phenoxy) is 1. The van der Waals surface area contributed by atoms with Crippen molar-refractivity contribution in [1.82, 2.24) is 20.4 Å². The van der Waals surface area contributed by atoms with Crippen LogP contribution in [0.5, 0.6) is 0 Å². The lowest BCUT2D eigenvalue weighted by atomic mass is 10.1. The number of fused-ring (bicyclic) bond motifs is 1. The molecule has 0 aromatic heterocycles. The summed E-state index contributed by atoms with van der Waals surface area (Å²) < 4.78 is 5.82. The zero-order valence-electron chi connectivity index (χ0n) is 17.3. The summed E-state index contributed by atoms with van der Waals surface area (Å²) in [7, 11) is 0. The van der Waals surface area contributed by atoms with Gasteiger partial charge in [0.05, 0.1) is 18.8 Å². The van der Waals surface area contributed by atoms with Crippen molar-refractivity contribution < 1.29 is 9.53 Å². The summed E-state index contributed by atoms with van der Waals surface area (Å²) in [6.45, 7) is 4.94. The summed E-state index contributed by atoms with van der Waals surface area (Å²) in [5, 5.41) is 6.21. The van der Waals surface area contributed by atoms with Gasteiger partial charge in [0.1, 0.15) is 6.17 Å². The molecule has 8 nitrogen and oxygen atoms in total. The maximum atomic E-state index is 12.3. The predicted octanol–water partition coefficient (Wildman–Crippen LogP) is 1.05. The van der Waals surface area contributed by atoms with Gasteiger partial charge in [-0.15, -0.1) is 0 Å². The van der Waals surface area contributed by atoms with Crippen LogP contribution in [0.3, 0.4) is 0 Å². The Hall–Kier alpha value is -2.58. The molecule has 1 amide bonds. The lowest BCUT2D eigenvalue weighted by molar-refractivity contribution is -0.124. The second kappa shape index (κ2) is 8.28. The molecule has 5 rings (SSSR count). The maximum absolute atomic E-state index is 12.3. The van der Waals surface area contributed by atoms with E-state index < -0.39 is 0 Å². The highest BCUT2D eigenvalue weighted by atomic mass is 16.5. The lowest BCUT2D eigenvalue weighted by Gasteiger charge is -2.39. The van der Waals surface area contributed by atoms with E-state index in [1.165, 1.54) is 49.9 Å². The fourth-order valence-electron chi connectivity index (χ4n) is 4.37. The van der Waals surface area contributed by atoms with Crippen molar-refractivity contribution >= 4 is 11.9 Å². The molecular formula is C22H30N6O2. The molecule has 3 heterocycles. The largest absolute Gasteiger partial charge is 0.465 e. The van der Waals surface area contributed by atoms with Gasteiger partial charge in [-0.05, 0) is 55.8 Å². The van der Waals surface area contributed by atoms with E-state index in [1.54, 1.807) is 0 Å². The third-order valence-corrected chi connectivity index (χ3v) is 6.15. The van der Waals surface area contributed by atoms with Crippen LogP contribution in [0.25, 0.3) is 0 Å². The van der Waals surface area contributed by atoms with E-state index >= 15 is 0 Å². The number of amides is 1. The standard InChI is InChI=1S/C22H30N6O2/c23-20-19-21(26-22(25-20)30-14-15-6-7-15)28(13-18(29)24-19)12-17-5-3-4-16(10-17)11-27-8-1-2-9-27/h3-5,10,15,21H,1-2,6-9,11-14,23H2,(H,24,29)(H,25,26). The quantitative estimate of drug-likeness (QED) is 0.649. The minimum atomic E-state index is -0.253. The zero-order chi connectivity index (χ0) is 20.5. The number of benzene rings is 1. The number of rotatable bonds is 6. The van der Waals surface area contributed by atoms with Crippen molar-refractivity contribution in [3.05, 3.63) is 46.9 Å². The highest BCUT2D eigenvalue weighted by Gasteiger charge is 2.36. The monoisotopic (exact) mass is 410 g/mol. The number of nitrogens with zero attached hydrogens (tertiary/aromatic N) is 3. The molecule has 1 aromatic rings. The van der Waals surface area contributed by atoms with E-state index in [0.717, 1.165) is 6.54 Å². The minimum absolute atomic E-state index is 0.0724. The van der Waals surface area contributed by atoms with Gasteiger partial charge in [0, 0.05) is 13.1 Å². The lowest BCUT2D eigenvalue weighted by Crippen LogP contribution is -2.61. The second-order valence-electron chi connectivity index (χ2n) is 8.77. The Balaban J connectivity index is 1.30. The van der Waals surface area contributed by atoms with Gasteiger partial charge in [-0.3, -0.25) is 14.6 Å². The summed E-state index contributed by atoms with van der Waals surface area (Å²) in [6, 6.07) is 9.10. The predicted molar refractivity (Wildman–Crippen MR) is 114 cm³/mol. The zero-order valence-corrected chi connectivity index (χ0v) is 17.3. The molecule has 0 radical (unpaired) electrons. The number of hydrogen-bond donors (Lipinski definition) is 3. The number of carbonyl (C=O) groups is 1. The van der Waals surface area contributed by atoms with Crippen molar-refractivity contribution in [3.8, 4) is 0 Å². The first kappa shape index (κ1) is 19.4. The Labute approximate surface area is 177 Å². The fourth-order valence-corrected chi connectivity index (χ4v) is 4.37. The van der Waals surface area contributed by atoms with Crippen LogP contribution in [0.1, 0.15) is 36.8 Å². The number of nitrogens with two attached hydrogens (primary N) is 1. The number of hydrogen-bond acceptors (Lipinski definition) is 7. The van der Waals surface area contributed by atoms with Gasteiger partial charge in [0.25, 0.3) is 6.02 Å². The van der Waals surface area contributed by atoms with Crippen LogP contribution in [0.4, 0.5) is 0 Å². The van der Waals surface area contributed by atoms with Crippen LogP contribution in [0.2, 0.25) is 0 Å². The number of likely N-dealkylation sites (tertiary alicyclic amines) is 1. The molecule has 30 heavy (non-hydrogen) atoms. The molecular weight excluding hydrogens is 380 g/mol. The Kier molecular flexibility index (Phi) is 5.35. The third-order valence-electron chi connectivity index (χ3n) is 6.15. The topological polar surface area (TPSA) is 95.2 Å². The summed E-state index contributed by atoms with van der Waals surface area (Å²) in [5.74, 6) is 0.865. The van der Waals surface area contributed by atoms with Crippen LogP contribution < -0.4 is 16.4 Å². The molecule has 4 N–H and O–H groups in total. The first-order chi connectivity index (χ1) is 14.6. The highest BCUT2D eigenvalue weighted by Crippen LogP contribution is 2.29. The first-order valence-corrected chi connectivity index (χ1v) is 11.0. The van der Waals surface area contributed by atoms with Gasteiger partial charge in [-0.2, -0.15) is 4.99 Å². The average molecular weight is 411 g/mol. The van der Waals surface area contributed by atoms with E-state index in [2.05, 4.69) is 49.7 Å². The van der Waals surface area contributed by atoms with Gasteiger partial charge in [0.2, 0.25) is 5.91 Å². The van der Waals surface area contributed by atoms with Gasteiger partial charge in [-0.1, -0.05) is 24.3 Å². The Morgan fingerprint density at radius 1 is 1.17 bits per heavy atom. The maximum Gasteiger partial charge on any atom is 0.292 e. The van der Waals surface area contributed by atoms with Crippen molar-refractivity contribution in [2.24, 2.45) is 16.6 Å². The molecule has 3 aliphatic heterocycles. The molecule has 0 bridgehead atoms. The molecule has 0 spiro atoms. The SMILES string of the molecule is NC1=C2NC(=O)CN(Cc3cccc(CN4CCCC4)c3)C2NC(OCC2CC2)=N1. The molecule has 3 fully saturated rings. The van der Waals surface area contributed by atoms with Gasteiger partial charge >= 0.3 is 0 Å². The second-order valence-corrected chi connectivity index (χ2v) is 8.77. The summed E-state index contributed by atoms with van der Waals surface area (Å²) in [6.07, 6.45) is 4.75. The molecule has 1 aliphatic carbocycles. The van der Waals surface area contributed by atoms with Crippen LogP contribution in [0, 0.1) is 5.92 Å². The molecule has 1 atom stereocenters. The average Bonchev–Trinajstić information content (AvgIpc) is 3.42. The Morgan fingerprint density at radius 2 is 1.93 bits per heavy atom. The van der Waals surface area contributed by atoms with Crippen LogP contribution in [0.15, 0.2) is 40.8 Å². The van der Waals surface area contributed by atoms with Crippen molar-refractivity contribution in [2.75, 3.05) is 26.2 Å². The Morgan fingerprint density at radius 3 is 2.70 bits per heavy atom. The molecule has 1 aromatic carbocycles. The summed E-state index contributed by atoms with van der Waals surface area (Å²) in [4.78, 5) is 21.2. The normalized spacial score (nSPS) is 24.9. The van der Waals surface area contributed by atoms with Crippen molar-refractivity contribution in [2.45, 2.75) is 44.9 Å². The van der Waals surface area contributed by atoms with Gasteiger partial charge in [-0.25, -0.2) is 0 Å². The molecule has 8 heteroatoms. The third kappa shape index (κ3) is 4.44. The molecule has 1 unspecified atom stereocenters. The Bertz CT molecular complexity index is 872. The van der Waals surface area contributed by atoms with Gasteiger partial charge in [0.15, 0.2) is 5.82 Å². The van der Waals surface area contributed by atoms with E-state index in [-0.39, 0.29) is 12.1 Å². The fraction of sp³-hybridized carbons (Fsp3) is 0.545. The number of nitrogens with one attached hydrogen (secondary N) is 2. The van der Waals surface area contributed by atoms with E-state index in [9.17, 15) is 4.79 Å². The van der Waals surface area contributed by atoms with Crippen molar-refractivity contribution in [3.63, 3.8) is 0 Å². The molecule has 1 saturated carbocycles. The summed E-state index contributed by atoms with van der Waals surface area (Å²) >= 11 is 0. The van der Waals surface area contributed by atoms with Crippen LogP contribution in [-0.4, -0.2) is 54.1 Å². The number of piperazine rings is 1. The molecule has 2 saturated heterocycles. The van der Waals surface area contributed by atoms with E-state index in [4.69, 9.17) is 10.5 Å².